The van der Waals surface area contributed by atoms with Gasteiger partial charge in [0.2, 0.25) is 6.29 Å². The van der Waals surface area contributed by atoms with Gasteiger partial charge in [0.25, 0.3) is 0 Å². The summed E-state index contributed by atoms with van der Waals surface area (Å²) in [4.78, 5) is 23.1. The summed E-state index contributed by atoms with van der Waals surface area (Å²) in [5.41, 5.74) is 1.31. The molecule has 1 fully saturated rings. The molecule has 0 saturated carbocycles. The maximum Gasteiger partial charge on any atom is 0.414 e. The molecule has 2 rings (SSSR count). The molecule has 30 heavy (non-hydrogen) atoms. The minimum Gasteiger partial charge on any atom is -0.479 e. The first kappa shape index (κ1) is 24.0. The number of aliphatic carboxylic acids is 1. The maximum absolute atomic E-state index is 12.1. The highest BCUT2D eigenvalue weighted by Crippen LogP contribution is 2.23. The molecule has 1 aromatic rings. The van der Waals surface area contributed by atoms with E-state index < -0.39 is 42.8 Å². The molecule has 10 nitrogen and oxygen atoms in total. The van der Waals surface area contributed by atoms with E-state index in [0.717, 1.165) is 24.8 Å². The van der Waals surface area contributed by atoms with Crippen LogP contribution in [-0.4, -0.2) is 69.3 Å². The first-order chi connectivity index (χ1) is 14.2. The lowest BCUT2D eigenvalue weighted by Gasteiger charge is -2.37. The SMILES string of the molecule is CCCCC(C)OCc1ccc(NC(=O)OC2OC(C(=O)O)C(O)C(O)C2O)cc1. The number of hydrogen-bond acceptors (Lipinski definition) is 8. The van der Waals surface area contributed by atoms with Crippen LogP contribution >= 0.6 is 0 Å². The second-order valence-corrected chi connectivity index (χ2v) is 7.23. The fourth-order valence-electron chi connectivity index (χ4n) is 2.90. The Labute approximate surface area is 174 Å². The number of anilines is 1. The number of nitrogens with one attached hydrogen (secondary N) is 1. The Bertz CT molecular complexity index is 696. The van der Waals surface area contributed by atoms with Gasteiger partial charge in [-0.25, -0.2) is 9.59 Å². The number of aliphatic hydroxyl groups is 3. The Balaban J connectivity index is 1.86. The first-order valence-electron chi connectivity index (χ1n) is 9.83. The Morgan fingerprint density at radius 1 is 1.13 bits per heavy atom. The number of unbranched alkanes of at least 4 members (excludes halogenated alkanes) is 1. The van der Waals surface area contributed by atoms with Crippen LogP contribution in [0, 0.1) is 0 Å². The molecule has 1 saturated heterocycles. The van der Waals surface area contributed by atoms with Crippen molar-refractivity contribution in [1.82, 2.24) is 0 Å². The molecule has 10 heteroatoms. The zero-order valence-electron chi connectivity index (χ0n) is 16.9. The lowest BCUT2D eigenvalue weighted by atomic mass is 9.99. The molecule has 1 heterocycles. The third-order valence-corrected chi connectivity index (χ3v) is 4.74. The van der Waals surface area contributed by atoms with Crippen molar-refractivity contribution in [2.45, 2.75) is 76.5 Å². The van der Waals surface area contributed by atoms with Gasteiger partial charge in [-0.2, -0.15) is 0 Å². The van der Waals surface area contributed by atoms with E-state index in [2.05, 4.69) is 12.2 Å². The Kier molecular flexibility index (Phi) is 9.00. The van der Waals surface area contributed by atoms with Crippen LogP contribution < -0.4 is 5.32 Å². The van der Waals surface area contributed by atoms with E-state index in [0.29, 0.717) is 12.3 Å². The summed E-state index contributed by atoms with van der Waals surface area (Å²) >= 11 is 0. The third kappa shape index (κ3) is 6.64. The predicted octanol–water partition coefficient (Wildman–Crippen LogP) is 1.22. The van der Waals surface area contributed by atoms with E-state index in [-0.39, 0.29) is 6.10 Å². The number of carbonyl (C=O) groups excluding carboxylic acids is 1. The average molecular weight is 427 g/mol. The van der Waals surface area contributed by atoms with Crippen LogP contribution in [-0.2, 0) is 25.6 Å². The van der Waals surface area contributed by atoms with Gasteiger partial charge in [-0.15, -0.1) is 0 Å². The average Bonchev–Trinajstić information content (AvgIpc) is 2.71. The number of carboxylic acids is 1. The highest BCUT2D eigenvalue weighted by molar-refractivity contribution is 5.84. The van der Waals surface area contributed by atoms with Crippen molar-refractivity contribution in [3.05, 3.63) is 29.8 Å². The number of carboxylic acid groups (broad SMARTS) is 1. The lowest BCUT2D eigenvalue weighted by molar-refractivity contribution is -0.277. The van der Waals surface area contributed by atoms with Gasteiger partial charge in [0.05, 0.1) is 12.7 Å². The number of hydrogen-bond donors (Lipinski definition) is 5. The molecule has 0 aliphatic carbocycles. The molecule has 6 atom stereocenters. The van der Waals surface area contributed by atoms with Crippen LogP contribution in [0.4, 0.5) is 10.5 Å². The normalized spacial score (nSPS) is 27.3. The van der Waals surface area contributed by atoms with Crippen LogP contribution in [0.1, 0.15) is 38.7 Å². The number of benzene rings is 1. The predicted molar refractivity (Wildman–Crippen MR) is 105 cm³/mol. The minimum atomic E-state index is -1.86. The van der Waals surface area contributed by atoms with Crippen molar-refractivity contribution < 1.29 is 44.2 Å². The molecule has 0 radical (unpaired) electrons. The van der Waals surface area contributed by atoms with Gasteiger partial charge in [-0.05, 0) is 31.0 Å². The Morgan fingerprint density at radius 2 is 1.80 bits per heavy atom. The van der Waals surface area contributed by atoms with E-state index in [1.54, 1.807) is 24.3 Å². The van der Waals surface area contributed by atoms with Crippen molar-refractivity contribution in [2.75, 3.05) is 5.32 Å². The topological polar surface area (TPSA) is 155 Å². The Hall–Kier alpha value is -2.24. The molecule has 1 amide bonds. The number of ether oxygens (including phenoxy) is 3. The summed E-state index contributed by atoms with van der Waals surface area (Å²) in [5, 5.41) is 40.7. The van der Waals surface area contributed by atoms with Crippen LogP contribution in [0.3, 0.4) is 0 Å². The summed E-state index contributed by atoms with van der Waals surface area (Å²) in [7, 11) is 0. The fourth-order valence-corrected chi connectivity index (χ4v) is 2.90. The lowest BCUT2D eigenvalue weighted by Crippen LogP contribution is -2.60. The summed E-state index contributed by atoms with van der Waals surface area (Å²) in [6, 6.07) is 6.81. The van der Waals surface area contributed by atoms with Crippen LogP contribution in [0.5, 0.6) is 0 Å². The molecule has 1 aliphatic rings. The van der Waals surface area contributed by atoms with Gasteiger partial charge in [-0.3, -0.25) is 5.32 Å². The van der Waals surface area contributed by atoms with Crippen molar-refractivity contribution in [1.29, 1.82) is 0 Å². The van der Waals surface area contributed by atoms with Gasteiger partial charge >= 0.3 is 12.1 Å². The largest absolute Gasteiger partial charge is 0.479 e. The molecule has 0 spiro atoms. The number of aliphatic hydroxyl groups excluding tert-OH is 3. The highest BCUT2D eigenvalue weighted by Gasteiger charge is 2.48. The van der Waals surface area contributed by atoms with Crippen molar-refractivity contribution in [3.8, 4) is 0 Å². The molecule has 1 aliphatic heterocycles. The molecule has 6 unspecified atom stereocenters. The molecular weight excluding hydrogens is 398 g/mol. The quantitative estimate of drug-likeness (QED) is 0.391. The van der Waals surface area contributed by atoms with E-state index in [9.17, 15) is 24.9 Å². The van der Waals surface area contributed by atoms with Crippen LogP contribution in [0.2, 0.25) is 0 Å². The maximum atomic E-state index is 12.1. The standard InChI is InChI=1S/C20H29NO9/c1-3-4-5-11(2)28-10-12-6-8-13(9-7-12)21-20(27)30-19-16(24)14(22)15(23)17(29-19)18(25)26/h6-9,11,14-17,19,22-24H,3-5,10H2,1-2H3,(H,21,27)(H,25,26). The van der Waals surface area contributed by atoms with Crippen molar-refractivity contribution in [3.63, 3.8) is 0 Å². The van der Waals surface area contributed by atoms with Crippen LogP contribution in [0.15, 0.2) is 24.3 Å². The minimum absolute atomic E-state index is 0.156. The summed E-state index contributed by atoms with van der Waals surface area (Å²) in [6.45, 7) is 4.59. The number of carbonyl (C=O) groups is 2. The molecule has 1 aromatic carbocycles. The molecular formula is C20H29NO9. The summed E-state index contributed by atoms with van der Waals surface area (Å²) in [6.07, 6.45) is -6.79. The third-order valence-electron chi connectivity index (χ3n) is 4.74. The first-order valence-corrected chi connectivity index (χ1v) is 9.83. The number of amides is 1. The smallest absolute Gasteiger partial charge is 0.414 e. The molecule has 168 valence electrons. The van der Waals surface area contributed by atoms with Gasteiger partial charge in [0, 0.05) is 5.69 Å². The van der Waals surface area contributed by atoms with Crippen molar-refractivity contribution >= 4 is 17.7 Å². The summed E-state index contributed by atoms with van der Waals surface area (Å²) < 4.78 is 15.5. The van der Waals surface area contributed by atoms with E-state index in [1.807, 2.05) is 6.92 Å². The molecule has 0 aromatic heterocycles. The van der Waals surface area contributed by atoms with Gasteiger partial charge in [-0.1, -0.05) is 31.9 Å². The van der Waals surface area contributed by atoms with Crippen LogP contribution in [0.25, 0.3) is 0 Å². The zero-order valence-corrected chi connectivity index (χ0v) is 16.9. The highest BCUT2D eigenvalue weighted by atomic mass is 16.7. The molecule has 0 bridgehead atoms. The van der Waals surface area contributed by atoms with E-state index >= 15 is 0 Å². The number of rotatable bonds is 9. The van der Waals surface area contributed by atoms with E-state index in [1.165, 1.54) is 0 Å². The van der Waals surface area contributed by atoms with Gasteiger partial charge in [0.1, 0.15) is 18.3 Å². The molecule has 5 N–H and O–H groups in total. The zero-order chi connectivity index (χ0) is 22.3. The second kappa shape index (κ2) is 11.2. The van der Waals surface area contributed by atoms with Gasteiger partial charge in [0.15, 0.2) is 6.10 Å². The summed E-state index contributed by atoms with van der Waals surface area (Å²) in [5.74, 6) is -1.57. The van der Waals surface area contributed by atoms with Gasteiger partial charge < -0.3 is 34.6 Å². The fraction of sp³-hybridized carbons (Fsp3) is 0.600. The van der Waals surface area contributed by atoms with Crippen molar-refractivity contribution in [2.24, 2.45) is 0 Å². The second-order valence-electron chi connectivity index (χ2n) is 7.23. The van der Waals surface area contributed by atoms with E-state index in [4.69, 9.17) is 19.3 Å². The Morgan fingerprint density at radius 3 is 2.40 bits per heavy atom. The monoisotopic (exact) mass is 427 g/mol.